The van der Waals surface area contributed by atoms with E-state index in [9.17, 15) is 29.8 Å². The maximum atomic E-state index is 12.3. The summed E-state index contributed by atoms with van der Waals surface area (Å²) in [7, 11) is 0. The number of anilines is 2. The molecule has 0 unspecified atom stereocenters. The second-order valence-electron chi connectivity index (χ2n) is 5.56. The fraction of sp³-hybridized carbons (Fsp3) is 0.125. The molecule has 1 amide bonds. The third-order valence-electron chi connectivity index (χ3n) is 3.75. The number of para-hydroxylation sites is 2. The highest BCUT2D eigenvalue weighted by Gasteiger charge is 2.26. The van der Waals surface area contributed by atoms with E-state index in [2.05, 4.69) is 5.32 Å². The number of hydrogen-bond donors (Lipinski definition) is 1. The minimum Gasteiger partial charge on any atom is -0.423 e. The van der Waals surface area contributed by atoms with Crippen molar-refractivity contribution in [2.45, 2.75) is 0 Å². The third kappa shape index (κ3) is 3.81. The summed E-state index contributed by atoms with van der Waals surface area (Å²) >= 11 is 0. The molecular weight excluding hydrogens is 360 g/mol. The predicted octanol–water partition coefficient (Wildman–Crippen LogP) is 1.87. The van der Waals surface area contributed by atoms with Crippen molar-refractivity contribution in [1.29, 1.82) is 0 Å². The average Bonchev–Trinajstić information content (AvgIpc) is 2.61. The summed E-state index contributed by atoms with van der Waals surface area (Å²) in [4.78, 5) is 45.8. The van der Waals surface area contributed by atoms with Crippen molar-refractivity contribution in [3.8, 4) is 5.75 Å². The number of nitro benzene ring substituents is 2. The Kier molecular flexibility index (Phi) is 4.66. The van der Waals surface area contributed by atoms with Crippen LogP contribution in [0, 0.1) is 20.2 Å². The fourth-order valence-corrected chi connectivity index (χ4v) is 2.60. The Morgan fingerprint density at radius 1 is 1.15 bits per heavy atom. The van der Waals surface area contributed by atoms with Gasteiger partial charge in [-0.05, 0) is 18.2 Å². The molecule has 138 valence electrons. The first-order chi connectivity index (χ1) is 12.8. The van der Waals surface area contributed by atoms with Crippen molar-refractivity contribution in [2.24, 2.45) is 0 Å². The van der Waals surface area contributed by atoms with Crippen LogP contribution in [-0.4, -0.2) is 34.8 Å². The van der Waals surface area contributed by atoms with E-state index in [-0.39, 0.29) is 18.8 Å². The molecule has 1 aliphatic heterocycles. The van der Waals surface area contributed by atoms with Gasteiger partial charge in [0.2, 0.25) is 5.91 Å². The normalized spacial score (nSPS) is 12.7. The number of rotatable bonds is 5. The summed E-state index contributed by atoms with van der Waals surface area (Å²) < 4.78 is 5.08. The van der Waals surface area contributed by atoms with Gasteiger partial charge in [-0.3, -0.25) is 25.0 Å². The molecule has 0 aromatic heterocycles. The lowest BCUT2D eigenvalue weighted by Crippen LogP contribution is -2.41. The molecular formula is C16H12N4O7. The van der Waals surface area contributed by atoms with Crippen molar-refractivity contribution in [3.05, 3.63) is 62.7 Å². The van der Waals surface area contributed by atoms with Gasteiger partial charge in [0.05, 0.1) is 28.1 Å². The van der Waals surface area contributed by atoms with Gasteiger partial charge in [0.15, 0.2) is 5.75 Å². The molecule has 0 radical (unpaired) electrons. The molecule has 0 aliphatic carbocycles. The summed E-state index contributed by atoms with van der Waals surface area (Å²) in [5, 5.41) is 24.3. The molecule has 2 aromatic rings. The standard InChI is InChI=1S/C16H12N4O7/c21-15(8-18-9-16(22)27-14-4-2-1-3-12(14)18)17-11-6-5-10(19(23)24)7-13(11)20(25)26/h1-7H,8-9H2,(H,17,21). The number of nitrogens with zero attached hydrogens (tertiary/aromatic N) is 3. The van der Waals surface area contributed by atoms with Gasteiger partial charge in [0.25, 0.3) is 11.4 Å². The van der Waals surface area contributed by atoms with Crippen LogP contribution in [0.3, 0.4) is 0 Å². The smallest absolute Gasteiger partial charge is 0.331 e. The Morgan fingerprint density at radius 2 is 1.89 bits per heavy atom. The molecule has 0 saturated carbocycles. The number of ether oxygens (including phenoxy) is 1. The summed E-state index contributed by atoms with van der Waals surface area (Å²) in [6.45, 7) is -0.424. The van der Waals surface area contributed by atoms with E-state index in [1.165, 1.54) is 4.90 Å². The van der Waals surface area contributed by atoms with Crippen LogP contribution in [0.25, 0.3) is 0 Å². The van der Waals surface area contributed by atoms with Crippen LogP contribution in [0.15, 0.2) is 42.5 Å². The maximum Gasteiger partial charge on any atom is 0.331 e. The SMILES string of the molecule is O=C(CN1CC(=O)Oc2ccccc21)Nc1ccc([N+](=O)[O-])cc1[N+](=O)[O-]. The van der Waals surface area contributed by atoms with Crippen LogP contribution < -0.4 is 15.0 Å². The molecule has 1 N–H and O–H groups in total. The van der Waals surface area contributed by atoms with Gasteiger partial charge >= 0.3 is 5.97 Å². The summed E-state index contributed by atoms with van der Waals surface area (Å²) in [5.74, 6) is -0.859. The lowest BCUT2D eigenvalue weighted by atomic mass is 10.2. The van der Waals surface area contributed by atoms with Gasteiger partial charge in [-0.25, -0.2) is 4.79 Å². The Bertz CT molecular complexity index is 960. The lowest BCUT2D eigenvalue weighted by Gasteiger charge is -2.29. The van der Waals surface area contributed by atoms with Crippen LogP contribution in [0.5, 0.6) is 5.75 Å². The molecule has 1 aliphatic rings. The van der Waals surface area contributed by atoms with Gasteiger partial charge in [0.1, 0.15) is 12.2 Å². The van der Waals surface area contributed by atoms with Crippen molar-refractivity contribution in [3.63, 3.8) is 0 Å². The molecule has 0 atom stereocenters. The molecule has 11 heteroatoms. The van der Waals surface area contributed by atoms with Crippen LogP contribution in [0.1, 0.15) is 0 Å². The number of benzene rings is 2. The van der Waals surface area contributed by atoms with Crippen molar-refractivity contribution in [1.82, 2.24) is 0 Å². The zero-order valence-electron chi connectivity index (χ0n) is 13.7. The van der Waals surface area contributed by atoms with Crippen LogP contribution >= 0.6 is 0 Å². The van der Waals surface area contributed by atoms with E-state index in [1.54, 1.807) is 24.3 Å². The number of amides is 1. The molecule has 1 heterocycles. The number of carbonyl (C=O) groups is 2. The van der Waals surface area contributed by atoms with Crippen LogP contribution in [0.2, 0.25) is 0 Å². The van der Waals surface area contributed by atoms with Crippen molar-refractivity contribution in [2.75, 3.05) is 23.3 Å². The van der Waals surface area contributed by atoms with E-state index in [0.29, 0.717) is 11.4 Å². The van der Waals surface area contributed by atoms with Crippen molar-refractivity contribution >= 4 is 34.6 Å². The molecule has 11 nitrogen and oxygen atoms in total. The Morgan fingerprint density at radius 3 is 2.59 bits per heavy atom. The molecule has 3 rings (SSSR count). The summed E-state index contributed by atoms with van der Waals surface area (Å²) in [6.07, 6.45) is 0. The third-order valence-corrected chi connectivity index (χ3v) is 3.75. The highest BCUT2D eigenvalue weighted by Crippen LogP contribution is 2.32. The molecule has 27 heavy (non-hydrogen) atoms. The van der Waals surface area contributed by atoms with Gasteiger partial charge in [-0.1, -0.05) is 12.1 Å². The monoisotopic (exact) mass is 372 g/mol. The number of esters is 1. The van der Waals surface area contributed by atoms with E-state index >= 15 is 0 Å². The van der Waals surface area contributed by atoms with Gasteiger partial charge in [-0.15, -0.1) is 0 Å². The second-order valence-corrected chi connectivity index (χ2v) is 5.56. The van der Waals surface area contributed by atoms with Gasteiger partial charge < -0.3 is 15.0 Å². The molecule has 0 bridgehead atoms. The number of carbonyl (C=O) groups excluding carboxylic acids is 2. The van der Waals surface area contributed by atoms with Gasteiger partial charge in [0, 0.05) is 6.07 Å². The van der Waals surface area contributed by atoms with Gasteiger partial charge in [-0.2, -0.15) is 0 Å². The van der Waals surface area contributed by atoms with Crippen LogP contribution in [-0.2, 0) is 9.59 Å². The van der Waals surface area contributed by atoms with E-state index < -0.39 is 33.1 Å². The van der Waals surface area contributed by atoms with Crippen molar-refractivity contribution < 1.29 is 24.2 Å². The molecule has 0 saturated heterocycles. The number of nitrogens with one attached hydrogen (secondary N) is 1. The minimum absolute atomic E-state index is 0.160. The Balaban J connectivity index is 1.80. The summed E-state index contributed by atoms with van der Waals surface area (Å²) in [5.41, 5.74) is -0.711. The van der Waals surface area contributed by atoms with E-state index in [4.69, 9.17) is 4.74 Å². The second kappa shape index (κ2) is 7.07. The topological polar surface area (TPSA) is 145 Å². The highest BCUT2D eigenvalue weighted by molar-refractivity contribution is 5.98. The predicted molar refractivity (Wildman–Crippen MR) is 92.7 cm³/mol. The number of hydrogen-bond acceptors (Lipinski definition) is 8. The first-order valence-electron chi connectivity index (χ1n) is 7.62. The lowest BCUT2D eigenvalue weighted by molar-refractivity contribution is -0.393. The zero-order chi connectivity index (χ0) is 19.6. The molecule has 0 spiro atoms. The highest BCUT2D eigenvalue weighted by atomic mass is 16.6. The first-order valence-corrected chi connectivity index (χ1v) is 7.62. The Labute approximate surface area is 151 Å². The van der Waals surface area contributed by atoms with E-state index in [0.717, 1.165) is 18.2 Å². The first kappa shape index (κ1) is 17.8. The zero-order valence-corrected chi connectivity index (χ0v) is 13.7. The maximum absolute atomic E-state index is 12.3. The molecule has 0 fully saturated rings. The number of nitro groups is 2. The minimum atomic E-state index is -0.823. The van der Waals surface area contributed by atoms with Crippen LogP contribution in [0.4, 0.5) is 22.7 Å². The van der Waals surface area contributed by atoms with E-state index in [1.807, 2.05) is 0 Å². The quantitative estimate of drug-likeness (QED) is 0.362. The summed E-state index contributed by atoms with van der Waals surface area (Å²) in [6, 6.07) is 9.55. The Hall–Kier alpha value is -4.02. The fourth-order valence-electron chi connectivity index (χ4n) is 2.60. The number of non-ortho nitro benzene ring substituents is 1. The average molecular weight is 372 g/mol. The number of fused-ring (bicyclic) bond motifs is 1. The largest absolute Gasteiger partial charge is 0.423 e. The molecule has 2 aromatic carbocycles.